The third kappa shape index (κ3) is 5.80. The molecule has 0 radical (unpaired) electrons. The van der Waals surface area contributed by atoms with E-state index in [2.05, 4.69) is 0 Å². The largest absolute Gasteiger partial charge is 0.392 e. The Labute approximate surface area is 79.7 Å². The fourth-order valence-electron chi connectivity index (χ4n) is 0.976. The highest BCUT2D eigenvalue weighted by atomic mass is 16.3. The molecule has 1 atom stereocenters. The Balaban J connectivity index is 3.83. The van der Waals surface area contributed by atoms with E-state index in [1.165, 1.54) is 0 Å². The number of hydrogen-bond donors (Lipinski definition) is 3. The molecular formula is C10H20O3. The van der Waals surface area contributed by atoms with Crippen LogP contribution in [0.1, 0.15) is 33.6 Å². The van der Waals surface area contributed by atoms with Gasteiger partial charge >= 0.3 is 0 Å². The van der Waals surface area contributed by atoms with Crippen molar-refractivity contribution in [2.24, 2.45) is 0 Å². The number of rotatable bonds is 5. The van der Waals surface area contributed by atoms with Crippen LogP contribution >= 0.6 is 0 Å². The van der Waals surface area contributed by atoms with Gasteiger partial charge in [0.2, 0.25) is 0 Å². The topological polar surface area (TPSA) is 60.7 Å². The Hall–Kier alpha value is -0.380. The van der Waals surface area contributed by atoms with Gasteiger partial charge in [-0.3, -0.25) is 0 Å². The van der Waals surface area contributed by atoms with Gasteiger partial charge in [-0.15, -0.1) is 0 Å². The quantitative estimate of drug-likeness (QED) is 0.560. The third-order valence-corrected chi connectivity index (χ3v) is 2.07. The van der Waals surface area contributed by atoms with Crippen LogP contribution in [0, 0.1) is 0 Å². The highest BCUT2D eigenvalue weighted by Crippen LogP contribution is 2.16. The average molecular weight is 188 g/mol. The van der Waals surface area contributed by atoms with Gasteiger partial charge in [0.15, 0.2) is 0 Å². The molecule has 1 unspecified atom stereocenters. The fraction of sp³-hybridized carbons (Fsp3) is 0.800. The van der Waals surface area contributed by atoms with Gasteiger partial charge in [-0.2, -0.15) is 0 Å². The fourth-order valence-corrected chi connectivity index (χ4v) is 0.976. The van der Waals surface area contributed by atoms with E-state index in [1.54, 1.807) is 19.9 Å². The molecule has 0 aromatic carbocycles. The van der Waals surface area contributed by atoms with Crippen LogP contribution in [-0.2, 0) is 0 Å². The van der Waals surface area contributed by atoms with E-state index in [9.17, 15) is 10.2 Å². The van der Waals surface area contributed by atoms with Crippen molar-refractivity contribution in [2.45, 2.75) is 45.3 Å². The molecule has 0 fully saturated rings. The molecule has 3 nitrogen and oxygen atoms in total. The number of aliphatic hydroxyl groups is 3. The van der Waals surface area contributed by atoms with Crippen molar-refractivity contribution < 1.29 is 15.3 Å². The van der Waals surface area contributed by atoms with E-state index in [-0.39, 0.29) is 6.61 Å². The van der Waals surface area contributed by atoms with Crippen molar-refractivity contribution >= 4 is 0 Å². The summed E-state index contributed by atoms with van der Waals surface area (Å²) < 4.78 is 0. The van der Waals surface area contributed by atoms with Crippen LogP contribution in [0.25, 0.3) is 0 Å². The number of allylic oxidation sites excluding steroid dienone is 1. The highest BCUT2D eigenvalue weighted by molar-refractivity contribution is 4.98. The van der Waals surface area contributed by atoms with Crippen molar-refractivity contribution in [1.29, 1.82) is 0 Å². The van der Waals surface area contributed by atoms with E-state index in [4.69, 9.17) is 5.11 Å². The van der Waals surface area contributed by atoms with Gasteiger partial charge < -0.3 is 15.3 Å². The number of aliphatic hydroxyl groups excluding tert-OH is 2. The van der Waals surface area contributed by atoms with Crippen LogP contribution in [-0.4, -0.2) is 33.6 Å². The molecule has 0 spiro atoms. The van der Waals surface area contributed by atoms with Crippen LogP contribution in [0.2, 0.25) is 0 Å². The van der Waals surface area contributed by atoms with Gasteiger partial charge in [0.25, 0.3) is 0 Å². The molecule has 0 aromatic rings. The second kappa shape index (κ2) is 5.37. The first-order valence-electron chi connectivity index (χ1n) is 4.55. The van der Waals surface area contributed by atoms with Crippen molar-refractivity contribution in [3.63, 3.8) is 0 Å². The Bertz CT molecular complexity index is 167. The smallest absolute Gasteiger partial charge is 0.0849 e. The van der Waals surface area contributed by atoms with E-state index in [1.807, 2.05) is 6.92 Å². The highest BCUT2D eigenvalue weighted by Gasteiger charge is 2.23. The normalized spacial score (nSPS) is 16.0. The van der Waals surface area contributed by atoms with Gasteiger partial charge in [0.1, 0.15) is 0 Å². The zero-order valence-electron chi connectivity index (χ0n) is 8.62. The molecule has 0 heterocycles. The Morgan fingerprint density at radius 1 is 1.46 bits per heavy atom. The minimum atomic E-state index is -1.04. The number of hydrogen-bond acceptors (Lipinski definition) is 3. The molecule has 0 aliphatic carbocycles. The minimum absolute atomic E-state index is 0.0322. The summed E-state index contributed by atoms with van der Waals surface area (Å²) in [5.74, 6) is 0. The second-order valence-corrected chi connectivity index (χ2v) is 3.94. The zero-order chi connectivity index (χ0) is 10.5. The maximum Gasteiger partial charge on any atom is 0.0849 e. The molecule has 0 aliphatic heterocycles. The van der Waals surface area contributed by atoms with Gasteiger partial charge in [0, 0.05) is 0 Å². The van der Waals surface area contributed by atoms with E-state index >= 15 is 0 Å². The molecule has 0 bridgehead atoms. The predicted molar refractivity (Wildman–Crippen MR) is 52.4 cm³/mol. The summed E-state index contributed by atoms with van der Waals surface area (Å²) >= 11 is 0. The van der Waals surface area contributed by atoms with Gasteiger partial charge in [-0.1, -0.05) is 11.6 Å². The lowest BCUT2D eigenvalue weighted by atomic mass is 9.96. The summed E-state index contributed by atoms with van der Waals surface area (Å²) in [6.45, 7) is 5.10. The van der Waals surface area contributed by atoms with E-state index in [0.29, 0.717) is 12.8 Å². The van der Waals surface area contributed by atoms with Gasteiger partial charge in [-0.05, 0) is 33.6 Å². The van der Waals surface area contributed by atoms with Gasteiger partial charge in [0.05, 0.1) is 18.3 Å². The first-order valence-corrected chi connectivity index (χ1v) is 4.55. The Morgan fingerprint density at radius 2 is 2.00 bits per heavy atom. The molecule has 0 aromatic heterocycles. The zero-order valence-corrected chi connectivity index (χ0v) is 8.62. The summed E-state index contributed by atoms with van der Waals surface area (Å²) in [5, 5.41) is 27.4. The maximum atomic E-state index is 9.46. The van der Waals surface area contributed by atoms with E-state index in [0.717, 1.165) is 5.57 Å². The summed E-state index contributed by atoms with van der Waals surface area (Å²) in [6, 6.07) is 0. The first kappa shape index (κ1) is 12.6. The maximum absolute atomic E-state index is 9.46. The Kier molecular flexibility index (Phi) is 5.21. The van der Waals surface area contributed by atoms with E-state index < -0.39 is 11.7 Å². The van der Waals surface area contributed by atoms with Crippen molar-refractivity contribution in [3.05, 3.63) is 11.6 Å². The summed E-state index contributed by atoms with van der Waals surface area (Å²) in [4.78, 5) is 0. The summed E-state index contributed by atoms with van der Waals surface area (Å²) in [7, 11) is 0. The molecule has 0 saturated carbocycles. The summed E-state index contributed by atoms with van der Waals surface area (Å²) in [5.41, 5.74) is -0.00902. The Morgan fingerprint density at radius 3 is 2.38 bits per heavy atom. The van der Waals surface area contributed by atoms with Crippen molar-refractivity contribution in [3.8, 4) is 0 Å². The van der Waals surface area contributed by atoms with Crippen LogP contribution in [0.5, 0.6) is 0 Å². The molecule has 3 N–H and O–H groups in total. The minimum Gasteiger partial charge on any atom is -0.392 e. The SMILES string of the molecule is C/C(=C\CO)CCC(O)C(C)(C)O. The molecule has 3 heteroatoms. The molecule has 0 saturated heterocycles. The molecule has 13 heavy (non-hydrogen) atoms. The molecule has 0 rings (SSSR count). The lowest BCUT2D eigenvalue weighted by Gasteiger charge is -2.24. The van der Waals surface area contributed by atoms with Crippen molar-refractivity contribution in [1.82, 2.24) is 0 Å². The standard InChI is InChI=1S/C10H20O3/c1-8(6-7-11)4-5-9(12)10(2,3)13/h6,9,11-13H,4-5,7H2,1-3H3/b8-6+. The molecule has 0 amide bonds. The van der Waals surface area contributed by atoms with Crippen LogP contribution in [0.15, 0.2) is 11.6 Å². The first-order chi connectivity index (χ1) is 5.88. The van der Waals surface area contributed by atoms with Crippen LogP contribution in [0.3, 0.4) is 0 Å². The second-order valence-electron chi connectivity index (χ2n) is 3.94. The summed E-state index contributed by atoms with van der Waals surface area (Å²) in [6.07, 6.45) is 2.21. The average Bonchev–Trinajstić information content (AvgIpc) is 1.99. The lowest BCUT2D eigenvalue weighted by Crippen LogP contribution is -2.35. The monoisotopic (exact) mass is 188 g/mol. The van der Waals surface area contributed by atoms with Gasteiger partial charge in [-0.25, -0.2) is 0 Å². The lowest BCUT2D eigenvalue weighted by molar-refractivity contribution is -0.0509. The van der Waals surface area contributed by atoms with Crippen LogP contribution < -0.4 is 0 Å². The molecule has 78 valence electrons. The third-order valence-electron chi connectivity index (χ3n) is 2.07. The predicted octanol–water partition coefficient (Wildman–Crippen LogP) is 0.837. The molecular weight excluding hydrogens is 168 g/mol. The molecule has 0 aliphatic rings. The van der Waals surface area contributed by atoms with Crippen molar-refractivity contribution in [2.75, 3.05) is 6.61 Å². The van der Waals surface area contributed by atoms with Crippen LogP contribution in [0.4, 0.5) is 0 Å².